The molecule has 0 amide bonds. The Bertz CT molecular complexity index is 927. The molecule has 2 unspecified atom stereocenters. The molecule has 5 nitrogen and oxygen atoms in total. The van der Waals surface area contributed by atoms with Crippen molar-refractivity contribution in [3.8, 4) is 5.75 Å². The third-order valence-corrected chi connectivity index (χ3v) is 6.61. The van der Waals surface area contributed by atoms with Crippen LogP contribution in [0.5, 0.6) is 5.75 Å². The summed E-state index contributed by atoms with van der Waals surface area (Å²) in [6, 6.07) is 2.78. The highest BCUT2D eigenvalue weighted by molar-refractivity contribution is 5.67. The number of ether oxygens (including phenoxy) is 1. The van der Waals surface area contributed by atoms with E-state index in [1.165, 1.54) is 12.1 Å². The lowest BCUT2D eigenvalue weighted by Crippen LogP contribution is -2.27. The summed E-state index contributed by atoms with van der Waals surface area (Å²) in [6.07, 6.45) is 7.43. The minimum absolute atomic E-state index is 0.256. The van der Waals surface area contributed by atoms with E-state index < -0.39 is 11.6 Å². The van der Waals surface area contributed by atoms with Gasteiger partial charge in [-0.15, -0.1) is 0 Å². The van der Waals surface area contributed by atoms with Crippen LogP contribution in [0.15, 0.2) is 30.6 Å². The molecule has 7 heteroatoms. The highest BCUT2D eigenvalue weighted by atomic mass is 19.1. The quantitative estimate of drug-likeness (QED) is 0.788. The van der Waals surface area contributed by atoms with Crippen molar-refractivity contribution in [3.05, 3.63) is 53.4 Å². The Hall–Kier alpha value is -2.54. The summed E-state index contributed by atoms with van der Waals surface area (Å²) >= 11 is 0. The lowest BCUT2D eigenvalue weighted by molar-refractivity contribution is 0.257. The monoisotopic (exact) mass is 412 g/mol. The normalized spacial score (nSPS) is 25.1. The van der Waals surface area contributed by atoms with E-state index in [-0.39, 0.29) is 5.75 Å². The molecule has 158 valence electrons. The maximum absolute atomic E-state index is 14.5. The van der Waals surface area contributed by atoms with E-state index in [9.17, 15) is 8.78 Å². The summed E-state index contributed by atoms with van der Waals surface area (Å²) in [5, 5.41) is 3.20. The number of aromatic nitrogens is 2. The van der Waals surface area contributed by atoms with Crippen LogP contribution in [0, 0.1) is 29.4 Å². The van der Waals surface area contributed by atoms with Crippen molar-refractivity contribution in [3.63, 3.8) is 0 Å². The van der Waals surface area contributed by atoms with Gasteiger partial charge in [0.15, 0.2) is 17.4 Å². The average molecular weight is 412 g/mol. The van der Waals surface area contributed by atoms with Gasteiger partial charge in [0.1, 0.15) is 0 Å². The largest absolute Gasteiger partial charge is 0.487 e. The fourth-order valence-corrected chi connectivity index (χ4v) is 4.70. The predicted molar refractivity (Wildman–Crippen MR) is 111 cm³/mol. The molecule has 2 aliphatic heterocycles. The second kappa shape index (κ2) is 7.95. The second-order valence-electron chi connectivity index (χ2n) is 8.40. The number of nitrogens with zero attached hydrogens (tertiary/aromatic N) is 3. The minimum atomic E-state index is -0.624. The molecule has 1 N–H and O–H groups in total. The molecule has 2 fully saturated rings. The fourth-order valence-electron chi connectivity index (χ4n) is 4.70. The number of nitrogens with one attached hydrogen (secondary N) is 1. The molecule has 1 aliphatic carbocycles. The molecule has 1 aromatic carbocycles. The molecule has 0 spiro atoms. The van der Waals surface area contributed by atoms with Gasteiger partial charge in [0.25, 0.3) is 0 Å². The summed E-state index contributed by atoms with van der Waals surface area (Å²) < 4.78 is 34.7. The number of aryl methyl sites for hydroxylation is 1. The highest BCUT2D eigenvalue weighted by Gasteiger charge is 2.56. The number of piperidine rings is 1. The molecule has 1 saturated carbocycles. The molecule has 0 radical (unpaired) electrons. The number of halogens is 2. The van der Waals surface area contributed by atoms with Gasteiger partial charge in [0.05, 0.1) is 6.61 Å². The van der Waals surface area contributed by atoms with E-state index in [4.69, 9.17) is 4.74 Å². The van der Waals surface area contributed by atoms with Gasteiger partial charge in [-0.1, -0.05) is 13.0 Å². The van der Waals surface area contributed by atoms with E-state index in [2.05, 4.69) is 27.1 Å². The van der Waals surface area contributed by atoms with E-state index in [1.54, 1.807) is 0 Å². The zero-order chi connectivity index (χ0) is 20.7. The lowest BCUT2D eigenvalue weighted by atomic mass is 10.00. The van der Waals surface area contributed by atoms with Crippen LogP contribution in [0.4, 0.5) is 14.7 Å². The minimum Gasteiger partial charge on any atom is -0.487 e. The van der Waals surface area contributed by atoms with Crippen molar-refractivity contribution in [1.82, 2.24) is 15.3 Å². The molecule has 1 aromatic heterocycles. The number of hydrogen-bond donors (Lipinski definition) is 1. The van der Waals surface area contributed by atoms with Crippen LogP contribution in [0.2, 0.25) is 0 Å². The van der Waals surface area contributed by atoms with Crippen LogP contribution < -0.4 is 15.0 Å². The van der Waals surface area contributed by atoms with Crippen molar-refractivity contribution in [2.24, 2.45) is 17.8 Å². The van der Waals surface area contributed by atoms with Crippen molar-refractivity contribution < 1.29 is 13.5 Å². The van der Waals surface area contributed by atoms with E-state index in [0.717, 1.165) is 56.1 Å². The summed E-state index contributed by atoms with van der Waals surface area (Å²) in [7, 11) is 0. The van der Waals surface area contributed by atoms with Crippen LogP contribution in [-0.4, -0.2) is 42.8 Å². The van der Waals surface area contributed by atoms with Crippen LogP contribution in [0.25, 0.3) is 5.57 Å². The van der Waals surface area contributed by atoms with E-state index in [1.807, 2.05) is 18.5 Å². The van der Waals surface area contributed by atoms with E-state index in [0.29, 0.717) is 29.9 Å². The van der Waals surface area contributed by atoms with Crippen molar-refractivity contribution in [1.29, 1.82) is 0 Å². The standard InChI is InChI=1S/C23H26F2N4O/c1-2-14-9-27-23(28-10-14)29-11-17-18(12-29)19(17)13-30-22-20(24)7-16(8-21(22)25)15-3-5-26-6-4-15/h3,7-10,17-19,26H,2,4-6,11-13H2,1H3. The van der Waals surface area contributed by atoms with E-state index >= 15 is 0 Å². The molecular formula is C23H26F2N4O. The molecule has 3 aliphatic rings. The van der Waals surface area contributed by atoms with Gasteiger partial charge < -0.3 is 15.0 Å². The van der Waals surface area contributed by atoms with Crippen molar-refractivity contribution in [2.45, 2.75) is 19.8 Å². The Labute approximate surface area is 175 Å². The van der Waals surface area contributed by atoms with Crippen LogP contribution >= 0.6 is 0 Å². The third-order valence-electron chi connectivity index (χ3n) is 6.61. The lowest BCUT2D eigenvalue weighted by Gasteiger charge is -2.20. The summed E-state index contributed by atoms with van der Waals surface area (Å²) in [4.78, 5) is 11.1. The first-order valence-corrected chi connectivity index (χ1v) is 10.7. The first kappa shape index (κ1) is 19.4. The summed E-state index contributed by atoms with van der Waals surface area (Å²) in [5.41, 5.74) is 2.71. The maximum atomic E-state index is 14.5. The highest BCUT2D eigenvalue weighted by Crippen LogP contribution is 2.52. The molecule has 0 bridgehead atoms. The molecule has 2 atom stereocenters. The zero-order valence-corrected chi connectivity index (χ0v) is 17.1. The van der Waals surface area contributed by atoms with Gasteiger partial charge in [-0.25, -0.2) is 18.7 Å². The number of fused-ring (bicyclic) bond motifs is 1. The van der Waals surface area contributed by atoms with Gasteiger partial charge in [0, 0.05) is 37.9 Å². The first-order chi connectivity index (χ1) is 14.6. The average Bonchev–Trinajstić information content (AvgIpc) is 3.22. The second-order valence-corrected chi connectivity index (χ2v) is 8.40. The van der Waals surface area contributed by atoms with Gasteiger partial charge in [-0.2, -0.15) is 0 Å². The number of rotatable bonds is 6. The van der Waals surface area contributed by atoms with Crippen LogP contribution in [0.3, 0.4) is 0 Å². The molecule has 1 saturated heterocycles. The van der Waals surface area contributed by atoms with Gasteiger partial charge in [0.2, 0.25) is 5.95 Å². The van der Waals surface area contributed by atoms with Crippen LogP contribution in [-0.2, 0) is 6.42 Å². The first-order valence-electron chi connectivity index (χ1n) is 10.7. The molecule has 3 heterocycles. The van der Waals surface area contributed by atoms with Crippen LogP contribution in [0.1, 0.15) is 24.5 Å². The van der Waals surface area contributed by atoms with Gasteiger partial charge in [-0.05, 0) is 60.1 Å². The van der Waals surface area contributed by atoms with Gasteiger partial charge >= 0.3 is 0 Å². The molecule has 30 heavy (non-hydrogen) atoms. The molecule has 5 rings (SSSR count). The Morgan fingerprint density at radius 1 is 1.13 bits per heavy atom. The topological polar surface area (TPSA) is 50.3 Å². The summed E-state index contributed by atoms with van der Waals surface area (Å²) in [6.45, 7) is 5.72. The Balaban J connectivity index is 1.18. The summed E-state index contributed by atoms with van der Waals surface area (Å²) in [5.74, 6) is 0.548. The zero-order valence-electron chi connectivity index (χ0n) is 17.1. The Morgan fingerprint density at radius 3 is 2.43 bits per heavy atom. The number of anilines is 1. The van der Waals surface area contributed by atoms with Crippen molar-refractivity contribution in [2.75, 3.05) is 37.7 Å². The molecule has 2 aromatic rings. The molecular weight excluding hydrogens is 386 g/mol. The Kier molecular flexibility index (Phi) is 5.15. The fraction of sp³-hybridized carbons (Fsp3) is 0.478. The Morgan fingerprint density at radius 2 is 1.83 bits per heavy atom. The number of benzene rings is 1. The number of hydrogen-bond acceptors (Lipinski definition) is 5. The maximum Gasteiger partial charge on any atom is 0.225 e. The SMILES string of the molecule is CCc1cnc(N2CC3C(COc4c(F)cc(C5=CCNCC5)cc4F)C3C2)nc1. The smallest absolute Gasteiger partial charge is 0.225 e. The van der Waals surface area contributed by atoms with Gasteiger partial charge in [-0.3, -0.25) is 0 Å². The predicted octanol–water partition coefficient (Wildman–Crippen LogP) is 3.46. The van der Waals surface area contributed by atoms with Crippen molar-refractivity contribution >= 4 is 11.5 Å². The third kappa shape index (κ3) is 3.67.